The van der Waals surface area contributed by atoms with Crippen molar-refractivity contribution < 1.29 is 39.5 Å². The minimum atomic E-state index is -1.63. The van der Waals surface area contributed by atoms with E-state index >= 15 is 0 Å². The summed E-state index contributed by atoms with van der Waals surface area (Å²) >= 11 is 0. The highest BCUT2D eigenvalue weighted by atomic mass is 16.5. The first-order chi connectivity index (χ1) is 17.9. The predicted octanol–water partition coefficient (Wildman–Crippen LogP) is 1.13. The lowest BCUT2D eigenvalue weighted by atomic mass is 10.1. The van der Waals surface area contributed by atoms with Crippen LogP contribution in [0.1, 0.15) is 12.0 Å². The number of aliphatic hydroxyl groups excluding tert-OH is 3. The zero-order chi connectivity index (χ0) is 27.0. The first-order valence-electron chi connectivity index (χ1n) is 11.6. The average molecular weight is 514 g/mol. The number of carbonyl (C=O) groups is 1. The van der Waals surface area contributed by atoms with Crippen molar-refractivity contribution in [1.29, 1.82) is 0 Å². The molecule has 11 nitrogen and oxygen atoms in total. The third-order valence-corrected chi connectivity index (χ3v) is 5.44. The van der Waals surface area contributed by atoms with E-state index in [1.807, 2.05) is 24.5 Å². The Labute approximate surface area is 213 Å². The molecule has 0 amide bonds. The summed E-state index contributed by atoms with van der Waals surface area (Å²) in [6, 6.07) is 17.0. The van der Waals surface area contributed by atoms with Gasteiger partial charge >= 0.3 is 12.1 Å². The van der Waals surface area contributed by atoms with Crippen LogP contribution in [-0.4, -0.2) is 87.5 Å². The molecular weight excluding hydrogens is 482 g/mol. The van der Waals surface area contributed by atoms with Gasteiger partial charge in [-0.25, -0.2) is 4.79 Å². The van der Waals surface area contributed by atoms with Crippen LogP contribution in [0, 0.1) is 0 Å². The molecule has 5 N–H and O–H groups in total. The summed E-state index contributed by atoms with van der Waals surface area (Å²) in [4.78, 5) is 32.4. The van der Waals surface area contributed by atoms with E-state index in [4.69, 9.17) is 34.8 Å². The van der Waals surface area contributed by atoms with Crippen molar-refractivity contribution in [2.24, 2.45) is 0 Å². The summed E-state index contributed by atoms with van der Waals surface area (Å²) in [6.07, 6.45) is 3.51. The molecule has 2 heterocycles. The lowest BCUT2D eigenvalue weighted by molar-refractivity contribution is -0.191. The third-order valence-electron chi connectivity index (χ3n) is 5.44. The molecule has 0 radical (unpaired) electrons. The Morgan fingerprint density at radius 3 is 2.62 bits per heavy atom. The van der Waals surface area contributed by atoms with Gasteiger partial charge in [-0.15, -0.1) is 0 Å². The fourth-order valence-corrected chi connectivity index (χ4v) is 3.80. The van der Waals surface area contributed by atoms with Crippen LogP contribution in [0.25, 0.3) is 10.8 Å². The van der Waals surface area contributed by atoms with E-state index in [2.05, 4.69) is 51.6 Å². The van der Waals surface area contributed by atoms with Gasteiger partial charge in [-0.3, -0.25) is 9.88 Å². The Bertz CT molecular complexity index is 1150. The molecule has 1 aliphatic heterocycles. The van der Waals surface area contributed by atoms with Crippen molar-refractivity contribution in [3.63, 3.8) is 0 Å². The van der Waals surface area contributed by atoms with Crippen molar-refractivity contribution in [2.75, 3.05) is 38.2 Å². The Morgan fingerprint density at radius 1 is 1.19 bits per heavy atom. The number of likely N-dealkylation sites (tertiary alicyclic amines) is 1. The Hall–Kier alpha value is -3.86. The number of fused-ring (bicyclic) bond motifs is 1. The largest absolute Gasteiger partial charge is 0.491 e. The number of nitrogens with zero attached hydrogens (tertiary/aromatic N) is 2. The van der Waals surface area contributed by atoms with Gasteiger partial charge in [0.15, 0.2) is 6.10 Å². The number of carboxylic acid groups (broad SMARTS) is 1. The molecule has 3 aromatic rings. The molecule has 37 heavy (non-hydrogen) atoms. The molecule has 198 valence electrons. The number of pyridine rings is 1. The maximum Gasteiger partial charge on any atom is 0.373 e. The van der Waals surface area contributed by atoms with Crippen LogP contribution in [0.5, 0.6) is 5.75 Å². The van der Waals surface area contributed by atoms with E-state index < -0.39 is 18.7 Å². The number of benzene rings is 2. The highest BCUT2D eigenvalue weighted by molar-refractivity contribution is 5.93. The SMILES string of the molecule is O=C(O)[C@@H](O)CO.O=C=O.OCCOc1cccc(CN2CC[C@@H](Nc3cccc4cnccc34)C2)c1. The summed E-state index contributed by atoms with van der Waals surface area (Å²) in [5, 5.41) is 38.7. The Morgan fingerprint density at radius 2 is 1.95 bits per heavy atom. The van der Waals surface area contributed by atoms with E-state index in [0.717, 1.165) is 37.2 Å². The number of carbonyl (C=O) groups excluding carboxylic acids is 2. The van der Waals surface area contributed by atoms with Gasteiger partial charge in [-0.2, -0.15) is 9.59 Å². The van der Waals surface area contributed by atoms with Crippen LogP contribution in [0.15, 0.2) is 60.9 Å². The lowest BCUT2D eigenvalue weighted by Crippen LogP contribution is -2.26. The number of ether oxygens (including phenoxy) is 1. The fraction of sp³-hybridized carbons (Fsp3) is 0.346. The number of aliphatic carboxylic acids is 1. The molecule has 1 fully saturated rings. The number of nitrogens with one attached hydrogen (secondary N) is 1. The quantitative estimate of drug-likeness (QED) is 0.278. The zero-order valence-electron chi connectivity index (χ0n) is 20.2. The fourth-order valence-electron chi connectivity index (χ4n) is 3.80. The number of rotatable bonds is 9. The molecule has 0 bridgehead atoms. The summed E-state index contributed by atoms with van der Waals surface area (Å²) in [5.74, 6) is -0.581. The van der Waals surface area contributed by atoms with Crippen molar-refractivity contribution in [1.82, 2.24) is 9.88 Å². The molecule has 1 aliphatic rings. The number of hydrogen-bond acceptors (Lipinski definition) is 10. The molecule has 2 aromatic carbocycles. The second-order valence-corrected chi connectivity index (χ2v) is 8.11. The van der Waals surface area contributed by atoms with E-state index in [-0.39, 0.29) is 12.8 Å². The maximum absolute atomic E-state index is 9.52. The molecular formula is C26H31N3O8. The third kappa shape index (κ3) is 9.96. The standard InChI is InChI=1S/C22H25N3O2.C3H6O4.CO2/c26-11-12-27-20-5-1-3-17(13-20)15-25-10-8-19(16-25)24-22-6-2-4-18-14-23-9-7-21(18)22;4-1-2(5)3(6)7;2-1-3/h1-7,9,13-14,19,24,26H,8,10-12,15-16H2;2,4-5H,1H2,(H,6,7);/t19-;2-;/m10./s1. The number of carboxylic acids is 1. The van der Waals surface area contributed by atoms with E-state index in [1.54, 1.807) is 0 Å². The topological polar surface area (TPSA) is 170 Å². The van der Waals surface area contributed by atoms with Gasteiger partial charge in [0.2, 0.25) is 0 Å². The molecule has 11 heteroatoms. The van der Waals surface area contributed by atoms with Crippen molar-refractivity contribution >= 4 is 28.6 Å². The molecule has 1 aromatic heterocycles. The highest BCUT2D eigenvalue weighted by Crippen LogP contribution is 2.25. The first-order valence-corrected chi connectivity index (χ1v) is 11.6. The van der Waals surface area contributed by atoms with E-state index in [0.29, 0.717) is 12.6 Å². The molecule has 4 rings (SSSR count). The molecule has 0 aliphatic carbocycles. The minimum absolute atomic E-state index is 0.0356. The summed E-state index contributed by atoms with van der Waals surface area (Å²) < 4.78 is 5.52. The van der Waals surface area contributed by atoms with Gasteiger partial charge in [0, 0.05) is 54.5 Å². The van der Waals surface area contributed by atoms with Gasteiger partial charge in [0.05, 0.1) is 13.2 Å². The van der Waals surface area contributed by atoms with Crippen LogP contribution in [0.2, 0.25) is 0 Å². The molecule has 2 atom stereocenters. The van der Waals surface area contributed by atoms with Gasteiger partial charge in [-0.05, 0) is 36.2 Å². The maximum atomic E-state index is 9.52. The predicted molar refractivity (Wildman–Crippen MR) is 134 cm³/mol. The smallest absolute Gasteiger partial charge is 0.373 e. The first kappa shape index (κ1) is 29.4. The highest BCUT2D eigenvalue weighted by Gasteiger charge is 2.22. The number of anilines is 1. The van der Waals surface area contributed by atoms with Gasteiger partial charge < -0.3 is 30.5 Å². The Balaban J connectivity index is 0.000000413. The molecule has 0 unspecified atom stereocenters. The zero-order valence-corrected chi connectivity index (χ0v) is 20.2. The average Bonchev–Trinajstić information content (AvgIpc) is 3.34. The van der Waals surface area contributed by atoms with Crippen molar-refractivity contribution in [2.45, 2.75) is 25.1 Å². The summed E-state index contributed by atoms with van der Waals surface area (Å²) in [5.41, 5.74) is 2.42. The van der Waals surface area contributed by atoms with Crippen LogP contribution in [0.3, 0.4) is 0 Å². The molecule has 0 saturated carbocycles. The molecule has 0 spiro atoms. The summed E-state index contributed by atoms with van der Waals surface area (Å²) in [7, 11) is 0. The number of aromatic nitrogens is 1. The van der Waals surface area contributed by atoms with Crippen LogP contribution >= 0.6 is 0 Å². The lowest BCUT2D eigenvalue weighted by Gasteiger charge is -2.18. The number of aliphatic hydroxyl groups is 3. The second-order valence-electron chi connectivity index (χ2n) is 8.11. The molecule has 1 saturated heterocycles. The van der Waals surface area contributed by atoms with Gasteiger partial charge in [-0.1, -0.05) is 24.3 Å². The van der Waals surface area contributed by atoms with Crippen molar-refractivity contribution in [3.05, 3.63) is 66.5 Å². The van der Waals surface area contributed by atoms with Crippen LogP contribution in [-0.2, 0) is 20.9 Å². The van der Waals surface area contributed by atoms with E-state index in [9.17, 15) is 4.79 Å². The van der Waals surface area contributed by atoms with Gasteiger partial charge in [0.25, 0.3) is 0 Å². The normalized spacial score (nSPS) is 15.4. The minimum Gasteiger partial charge on any atom is -0.491 e. The van der Waals surface area contributed by atoms with Crippen LogP contribution < -0.4 is 10.1 Å². The van der Waals surface area contributed by atoms with E-state index in [1.165, 1.54) is 16.6 Å². The Kier molecular flexibility index (Phi) is 12.7. The number of hydrogen-bond donors (Lipinski definition) is 5. The monoisotopic (exact) mass is 513 g/mol. The van der Waals surface area contributed by atoms with Gasteiger partial charge in [0.1, 0.15) is 12.4 Å². The van der Waals surface area contributed by atoms with Crippen LogP contribution in [0.4, 0.5) is 5.69 Å². The summed E-state index contributed by atoms with van der Waals surface area (Å²) in [6.45, 7) is 2.64. The second kappa shape index (κ2) is 16.0. The van der Waals surface area contributed by atoms with Crippen molar-refractivity contribution in [3.8, 4) is 5.75 Å².